The fraction of sp³-hybridized carbons (Fsp3) is 0.0169. The van der Waals surface area contributed by atoms with Crippen LogP contribution in [0.4, 0.5) is 17.1 Å². The Labute approximate surface area is 355 Å². The van der Waals surface area contributed by atoms with Crippen LogP contribution in [-0.4, -0.2) is 0 Å². The maximum absolute atomic E-state index is 6.86. The number of para-hydroxylation sites is 1. The van der Waals surface area contributed by atoms with E-state index in [4.69, 9.17) is 4.42 Å². The van der Waals surface area contributed by atoms with E-state index in [2.05, 4.69) is 241 Å². The summed E-state index contributed by atoms with van der Waals surface area (Å²) >= 11 is 0. The molecule has 10 aromatic carbocycles. The Kier molecular flexibility index (Phi) is 8.11. The topological polar surface area (TPSA) is 16.4 Å². The second-order valence-electron chi connectivity index (χ2n) is 16.0. The van der Waals surface area contributed by atoms with E-state index in [1.165, 1.54) is 55.3 Å². The highest BCUT2D eigenvalue weighted by Gasteiger charge is 2.46. The van der Waals surface area contributed by atoms with Gasteiger partial charge in [-0.15, -0.1) is 0 Å². The fourth-order valence-electron chi connectivity index (χ4n) is 10.1. The van der Waals surface area contributed by atoms with E-state index < -0.39 is 5.41 Å². The van der Waals surface area contributed by atoms with E-state index in [1.54, 1.807) is 0 Å². The molecule has 2 heteroatoms. The normalized spacial score (nSPS) is 12.7. The van der Waals surface area contributed by atoms with Crippen molar-refractivity contribution in [1.82, 2.24) is 0 Å². The Morgan fingerprint density at radius 2 is 0.918 bits per heavy atom. The van der Waals surface area contributed by atoms with Crippen LogP contribution in [0.5, 0.6) is 0 Å². The molecule has 2 nitrogen and oxygen atoms in total. The zero-order valence-corrected chi connectivity index (χ0v) is 33.4. The highest BCUT2D eigenvalue weighted by molar-refractivity contribution is 6.17. The van der Waals surface area contributed by atoms with Gasteiger partial charge in [0.1, 0.15) is 11.2 Å². The monoisotopic (exact) mass is 777 g/mol. The summed E-state index contributed by atoms with van der Waals surface area (Å²) in [4.78, 5) is 2.44. The standard InChI is InChI=1S/C59H39NO/c1-4-17-41(18-5-1)49-37-38-55(57-52-27-13-15-30-56(52)61-58(49)57)60(45-33-31-42(32-34-45)48-28-16-20-40-19-10-11-25-47(40)48)46-35-36-51-50-26-12-14-29-53(50)59(54(51)39-46,43-21-6-2-7-22-43)44-23-8-3-9-24-44/h1-39H. The molecule has 0 atom stereocenters. The van der Waals surface area contributed by atoms with E-state index in [0.29, 0.717) is 0 Å². The molecule has 286 valence electrons. The van der Waals surface area contributed by atoms with Gasteiger partial charge < -0.3 is 9.32 Å². The Morgan fingerprint density at radius 3 is 1.69 bits per heavy atom. The molecule has 0 bridgehead atoms. The van der Waals surface area contributed by atoms with Gasteiger partial charge in [-0.05, 0) is 103 Å². The van der Waals surface area contributed by atoms with E-state index in [9.17, 15) is 0 Å². The average Bonchev–Trinajstić information content (AvgIpc) is 3.87. The van der Waals surface area contributed by atoms with Crippen LogP contribution >= 0.6 is 0 Å². The Balaban J connectivity index is 1.14. The van der Waals surface area contributed by atoms with Crippen molar-refractivity contribution in [3.8, 4) is 33.4 Å². The maximum atomic E-state index is 6.86. The summed E-state index contributed by atoms with van der Waals surface area (Å²) in [6, 6.07) is 86.0. The quantitative estimate of drug-likeness (QED) is 0.160. The summed E-state index contributed by atoms with van der Waals surface area (Å²) in [6.45, 7) is 0. The van der Waals surface area contributed by atoms with Crippen molar-refractivity contribution in [3.05, 3.63) is 259 Å². The van der Waals surface area contributed by atoms with Crippen LogP contribution in [0.25, 0.3) is 66.1 Å². The SMILES string of the molecule is c1ccc(-c2ccc(N(c3ccc(-c4cccc5ccccc45)cc3)c3ccc4c(c3)C(c3ccccc3)(c3ccccc3)c3ccccc3-4)c3c2oc2ccccc23)cc1. The molecule has 1 aliphatic carbocycles. The van der Waals surface area contributed by atoms with Gasteiger partial charge in [0.2, 0.25) is 0 Å². The molecule has 0 aliphatic heterocycles. The van der Waals surface area contributed by atoms with Crippen LogP contribution in [0.15, 0.2) is 241 Å². The third-order valence-electron chi connectivity index (χ3n) is 12.8. The lowest BCUT2D eigenvalue weighted by molar-refractivity contribution is 0.670. The first kappa shape index (κ1) is 35.0. The van der Waals surface area contributed by atoms with Gasteiger partial charge in [0.15, 0.2) is 0 Å². The highest BCUT2D eigenvalue weighted by Crippen LogP contribution is 2.57. The molecule has 0 unspecified atom stereocenters. The maximum Gasteiger partial charge on any atom is 0.145 e. The van der Waals surface area contributed by atoms with Crippen LogP contribution in [0.1, 0.15) is 22.3 Å². The number of nitrogens with zero attached hydrogens (tertiary/aromatic N) is 1. The molecule has 0 amide bonds. The van der Waals surface area contributed by atoms with Gasteiger partial charge in [0, 0.05) is 22.3 Å². The second-order valence-corrected chi connectivity index (χ2v) is 16.0. The molecule has 1 heterocycles. The molecule has 61 heavy (non-hydrogen) atoms. The summed E-state index contributed by atoms with van der Waals surface area (Å²) in [5.41, 5.74) is 16.5. The summed E-state index contributed by atoms with van der Waals surface area (Å²) in [5.74, 6) is 0. The predicted molar refractivity (Wildman–Crippen MR) is 254 cm³/mol. The largest absolute Gasteiger partial charge is 0.455 e. The van der Waals surface area contributed by atoms with Crippen molar-refractivity contribution in [2.75, 3.05) is 4.90 Å². The van der Waals surface area contributed by atoms with Crippen molar-refractivity contribution in [2.24, 2.45) is 0 Å². The summed E-state index contributed by atoms with van der Waals surface area (Å²) in [6.07, 6.45) is 0. The first-order valence-electron chi connectivity index (χ1n) is 21.0. The third kappa shape index (κ3) is 5.43. The second kappa shape index (κ2) is 14.1. The summed E-state index contributed by atoms with van der Waals surface area (Å²) < 4.78 is 6.86. The Morgan fingerprint density at radius 1 is 0.361 bits per heavy atom. The lowest BCUT2D eigenvalue weighted by Crippen LogP contribution is -2.28. The molecule has 0 fully saturated rings. The zero-order valence-electron chi connectivity index (χ0n) is 33.4. The van der Waals surface area contributed by atoms with Crippen molar-refractivity contribution >= 4 is 49.8 Å². The number of hydrogen-bond acceptors (Lipinski definition) is 2. The van der Waals surface area contributed by atoms with E-state index >= 15 is 0 Å². The first-order valence-corrected chi connectivity index (χ1v) is 21.0. The zero-order chi connectivity index (χ0) is 40.3. The van der Waals surface area contributed by atoms with E-state index in [-0.39, 0.29) is 0 Å². The summed E-state index contributed by atoms with van der Waals surface area (Å²) in [5, 5.41) is 4.64. The van der Waals surface area contributed by atoms with Crippen molar-refractivity contribution in [3.63, 3.8) is 0 Å². The molecule has 1 aliphatic rings. The lowest BCUT2D eigenvalue weighted by atomic mass is 9.67. The van der Waals surface area contributed by atoms with Crippen LogP contribution in [0.2, 0.25) is 0 Å². The molecule has 0 N–H and O–H groups in total. The van der Waals surface area contributed by atoms with Crippen LogP contribution in [-0.2, 0) is 5.41 Å². The Bertz CT molecular complexity index is 3360. The van der Waals surface area contributed by atoms with Crippen LogP contribution < -0.4 is 4.90 Å². The van der Waals surface area contributed by atoms with Crippen LogP contribution in [0, 0.1) is 0 Å². The van der Waals surface area contributed by atoms with Gasteiger partial charge in [0.05, 0.1) is 16.5 Å². The number of benzene rings is 10. The number of anilines is 3. The number of fused-ring (bicyclic) bond motifs is 7. The van der Waals surface area contributed by atoms with Gasteiger partial charge in [0.25, 0.3) is 0 Å². The lowest BCUT2D eigenvalue weighted by Gasteiger charge is -2.35. The molecule has 0 radical (unpaired) electrons. The average molecular weight is 778 g/mol. The predicted octanol–water partition coefficient (Wildman–Crippen LogP) is 15.9. The van der Waals surface area contributed by atoms with Gasteiger partial charge >= 0.3 is 0 Å². The molecular weight excluding hydrogens is 739 g/mol. The molecule has 12 rings (SSSR count). The van der Waals surface area contributed by atoms with Gasteiger partial charge in [-0.3, -0.25) is 0 Å². The number of rotatable bonds is 7. The Hall–Kier alpha value is -7.94. The minimum absolute atomic E-state index is 0.539. The van der Waals surface area contributed by atoms with Crippen molar-refractivity contribution in [2.45, 2.75) is 5.41 Å². The fourth-order valence-corrected chi connectivity index (χ4v) is 10.1. The van der Waals surface area contributed by atoms with Crippen LogP contribution in [0.3, 0.4) is 0 Å². The molecule has 0 saturated heterocycles. The number of hydrogen-bond donors (Lipinski definition) is 0. The molecule has 0 saturated carbocycles. The highest BCUT2D eigenvalue weighted by atomic mass is 16.3. The molecule has 1 aromatic heterocycles. The van der Waals surface area contributed by atoms with Gasteiger partial charge in [-0.2, -0.15) is 0 Å². The first-order chi connectivity index (χ1) is 30.3. The van der Waals surface area contributed by atoms with E-state index in [0.717, 1.165) is 50.1 Å². The van der Waals surface area contributed by atoms with E-state index in [1.807, 2.05) is 0 Å². The minimum Gasteiger partial charge on any atom is -0.455 e. The van der Waals surface area contributed by atoms with Gasteiger partial charge in [-0.25, -0.2) is 0 Å². The third-order valence-corrected chi connectivity index (χ3v) is 12.8. The van der Waals surface area contributed by atoms with Crippen molar-refractivity contribution in [1.29, 1.82) is 0 Å². The van der Waals surface area contributed by atoms with Crippen molar-refractivity contribution < 1.29 is 4.42 Å². The molecular formula is C59H39NO. The smallest absolute Gasteiger partial charge is 0.145 e. The minimum atomic E-state index is -0.539. The number of furan rings is 1. The molecule has 11 aromatic rings. The van der Waals surface area contributed by atoms with Gasteiger partial charge in [-0.1, -0.05) is 194 Å². The summed E-state index contributed by atoms with van der Waals surface area (Å²) in [7, 11) is 0. The molecule has 0 spiro atoms.